The molecular weight excluding hydrogens is 406 g/mol. The molecule has 2 aromatic carbocycles. The lowest BCUT2D eigenvalue weighted by Crippen LogP contribution is -2.31. The molecule has 0 radical (unpaired) electrons. The molecule has 2 aromatic heterocycles. The highest BCUT2D eigenvalue weighted by molar-refractivity contribution is 6.39. The topological polar surface area (TPSA) is 83.8 Å². The minimum Gasteiger partial charge on any atom is -0.349 e. The molecule has 0 spiro atoms. The Bertz CT molecular complexity index is 1190. The van der Waals surface area contributed by atoms with Crippen LogP contribution in [0.15, 0.2) is 47.0 Å². The number of aryl methyl sites for hydroxylation is 1. The molecule has 0 fully saturated rings. The average molecular weight is 419 g/mol. The molecule has 1 atom stereocenters. The molecule has 4 aromatic rings. The number of carbonyl (C=O) groups is 1. The van der Waals surface area contributed by atoms with Crippen LogP contribution in [-0.4, -0.2) is 21.0 Å². The molecule has 2 heterocycles. The van der Waals surface area contributed by atoms with Gasteiger partial charge in [-0.2, -0.15) is 4.98 Å². The zero-order chi connectivity index (χ0) is 19.8. The molecule has 0 saturated heterocycles. The number of H-pyrrole nitrogens is 1. The molecule has 28 heavy (non-hydrogen) atoms. The predicted octanol–water partition coefficient (Wildman–Crippen LogP) is 4.82. The number of fused-ring (bicyclic) bond motifs is 1. The fraction of sp³-hybridized carbons (Fsp3) is 0.105. The molecule has 0 aliphatic rings. The Balaban J connectivity index is 1.74. The summed E-state index contributed by atoms with van der Waals surface area (Å²) in [6.45, 7) is 1.61. The summed E-state index contributed by atoms with van der Waals surface area (Å²) >= 11 is 12.4. The van der Waals surface area contributed by atoms with Crippen LogP contribution in [0.25, 0.3) is 10.9 Å². The number of nitrogens with zero attached hydrogens (tertiary/aromatic N) is 2. The van der Waals surface area contributed by atoms with Gasteiger partial charge in [0, 0.05) is 28.4 Å². The van der Waals surface area contributed by atoms with Gasteiger partial charge in [-0.15, -0.1) is 0 Å². The maximum atomic E-state index is 14.4. The average Bonchev–Trinajstić information content (AvgIpc) is 3.24. The van der Waals surface area contributed by atoms with Gasteiger partial charge in [0.15, 0.2) is 5.82 Å². The summed E-state index contributed by atoms with van der Waals surface area (Å²) in [5.74, 6) is -0.632. The fourth-order valence-corrected chi connectivity index (χ4v) is 3.38. The molecule has 0 bridgehead atoms. The third-order valence-corrected chi connectivity index (χ3v) is 4.85. The first-order chi connectivity index (χ1) is 13.4. The van der Waals surface area contributed by atoms with Gasteiger partial charge in [0.2, 0.25) is 5.89 Å². The van der Waals surface area contributed by atoms with E-state index in [0.717, 1.165) is 0 Å². The van der Waals surface area contributed by atoms with Gasteiger partial charge in [-0.1, -0.05) is 46.6 Å². The molecule has 0 saturated carbocycles. The minimum absolute atomic E-state index is 0.125. The van der Waals surface area contributed by atoms with E-state index in [9.17, 15) is 9.18 Å². The summed E-state index contributed by atoms with van der Waals surface area (Å²) in [6, 6.07) is 10.1. The fourth-order valence-electron chi connectivity index (χ4n) is 2.91. The summed E-state index contributed by atoms with van der Waals surface area (Å²) in [6.07, 6.45) is 0. The van der Waals surface area contributed by atoms with Gasteiger partial charge in [-0.3, -0.25) is 4.79 Å². The van der Waals surface area contributed by atoms with Crippen molar-refractivity contribution in [2.75, 3.05) is 0 Å². The first kappa shape index (κ1) is 18.5. The Morgan fingerprint density at radius 3 is 2.75 bits per heavy atom. The number of nitrogens with one attached hydrogen (secondary N) is 2. The molecule has 4 rings (SSSR count). The molecule has 0 aliphatic heterocycles. The van der Waals surface area contributed by atoms with Gasteiger partial charge in [0.25, 0.3) is 5.91 Å². The van der Waals surface area contributed by atoms with Gasteiger partial charge in [-0.05, 0) is 24.3 Å². The highest BCUT2D eigenvalue weighted by atomic mass is 35.5. The number of rotatable bonds is 4. The second kappa shape index (κ2) is 7.26. The smallest absolute Gasteiger partial charge is 0.270 e. The van der Waals surface area contributed by atoms with Crippen LogP contribution >= 0.6 is 23.2 Å². The van der Waals surface area contributed by atoms with Crippen molar-refractivity contribution in [2.24, 2.45) is 0 Å². The van der Waals surface area contributed by atoms with Gasteiger partial charge >= 0.3 is 0 Å². The zero-order valence-corrected chi connectivity index (χ0v) is 16.0. The summed E-state index contributed by atoms with van der Waals surface area (Å²) < 4.78 is 19.4. The van der Waals surface area contributed by atoms with E-state index >= 15 is 0 Å². The number of carbonyl (C=O) groups excluding carboxylic acids is 1. The Morgan fingerprint density at radius 2 is 2.04 bits per heavy atom. The number of aromatic amines is 1. The Labute approximate surface area is 168 Å². The van der Waals surface area contributed by atoms with Gasteiger partial charge in [0.1, 0.15) is 17.6 Å². The lowest BCUT2D eigenvalue weighted by atomic mass is 10.1. The molecular formula is C19H13Cl2FN4O2. The molecule has 2 N–H and O–H groups in total. The molecule has 0 aliphatic carbocycles. The van der Waals surface area contributed by atoms with E-state index in [1.54, 1.807) is 43.3 Å². The van der Waals surface area contributed by atoms with Crippen LogP contribution in [0.5, 0.6) is 0 Å². The number of benzene rings is 2. The van der Waals surface area contributed by atoms with Crippen LogP contribution in [0.1, 0.15) is 33.8 Å². The SMILES string of the molecule is Cc1nc(C(NC(=O)c2[nH]c3ccc(Cl)cc3c2Cl)c2ccccc2F)no1. The summed E-state index contributed by atoms with van der Waals surface area (Å²) in [7, 11) is 0. The van der Waals surface area contributed by atoms with Crippen LogP contribution in [0, 0.1) is 12.7 Å². The normalized spacial score (nSPS) is 12.3. The number of hydrogen-bond acceptors (Lipinski definition) is 4. The van der Waals surface area contributed by atoms with Gasteiger partial charge < -0.3 is 14.8 Å². The standard InChI is InChI=1S/C19H13Cl2FN4O2/c1-9-23-18(26-28-9)16(11-4-2-3-5-13(11)22)25-19(27)17-15(21)12-8-10(20)6-7-14(12)24-17/h2-8,16,24H,1H3,(H,25,27). The largest absolute Gasteiger partial charge is 0.349 e. The van der Waals surface area contributed by atoms with Crippen molar-refractivity contribution < 1.29 is 13.7 Å². The van der Waals surface area contributed by atoms with Gasteiger partial charge in [0.05, 0.1) is 5.02 Å². The van der Waals surface area contributed by atoms with E-state index in [2.05, 4.69) is 20.4 Å². The van der Waals surface area contributed by atoms with Crippen molar-refractivity contribution >= 4 is 40.0 Å². The third kappa shape index (κ3) is 3.34. The van der Waals surface area contributed by atoms with Crippen molar-refractivity contribution in [3.8, 4) is 0 Å². The summed E-state index contributed by atoms with van der Waals surface area (Å²) in [5.41, 5.74) is 0.977. The number of amides is 1. The Hall–Kier alpha value is -2.90. The predicted molar refractivity (Wildman–Crippen MR) is 103 cm³/mol. The van der Waals surface area contributed by atoms with E-state index in [0.29, 0.717) is 21.8 Å². The molecule has 142 valence electrons. The van der Waals surface area contributed by atoms with Crippen LogP contribution in [0.3, 0.4) is 0 Å². The highest BCUT2D eigenvalue weighted by Crippen LogP contribution is 2.30. The molecule has 1 unspecified atom stereocenters. The van der Waals surface area contributed by atoms with Crippen LogP contribution in [0.4, 0.5) is 4.39 Å². The van der Waals surface area contributed by atoms with Crippen molar-refractivity contribution in [2.45, 2.75) is 13.0 Å². The van der Waals surface area contributed by atoms with E-state index in [4.69, 9.17) is 27.7 Å². The quantitative estimate of drug-likeness (QED) is 0.497. The first-order valence-electron chi connectivity index (χ1n) is 8.26. The van der Waals surface area contributed by atoms with Crippen LogP contribution < -0.4 is 5.32 Å². The lowest BCUT2D eigenvalue weighted by Gasteiger charge is -2.16. The second-order valence-electron chi connectivity index (χ2n) is 6.10. The summed E-state index contributed by atoms with van der Waals surface area (Å²) in [5, 5.41) is 7.87. The van der Waals surface area contributed by atoms with Crippen molar-refractivity contribution in [3.63, 3.8) is 0 Å². The third-order valence-electron chi connectivity index (χ3n) is 4.22. The zero-order valence-electron chi connectivity index (χ0n) is 14.5. The first-order valence-corrected chi connectivity index (χ1v) is 9.02. The lowest BCUT2D eigenvalue weighted by molar-refractivity contribution is 0.0936. The maximum Gasteiger partial charge on any atom is 0.270 e. The summed E-state index contributed by atoms with van der Waals surface area (Å²) in [4.78, 5) is 20.0. The van der Waals surface area contributed by atoms with E-state index in [1.807, 2.05) is 0 Å². The van der Waals surface area contributed by atoms with Gasteiger partial charge in [-0.25, -0.2) is 4.39 Å². The number of halogens is 3. The molecule has 1 amide bonds. The monoisotopic (exact) mass is 418 g/mol. The second-order valence-corrected chi connectivity index (χ2v) is 6.92. The van der Waals surface area contributed by atoms with E-state index in [-0.39, 0.29) is 22.1 Å². The van der Waals surface area contributed by atoms with Crippen LogP contribution in [-0.2, 0) is 0 Å². The van der Waals surface area contributed by atoms with E-state index < -0.39 is 17.8 Å². The minimum atomic E-state index is -0.961. The van der Waals surface area contributed by atoms with Crippen molar-refractivity contribution in [3.05, 3.63) is 81.3 Å². The number of aromatic nitrogens is 3. The Morgan fingerprint density at radius 1 is 1.25 bits per heavy atom. The van der Waals surface area contributed by atoms with E-state index in [1.165, 1.54) is 6.07 Å². The van der Waals surface area contributed by atoms with Crippen molar-refractivity contribution in [1.82, 2.24) is 20.4 Å². The number of hydrogen-bond donors (Lipinski definition) is 2. The highest BCUT2D eigenvalue weighted by Gasteiger charge is 2.27. The Kier molecular flexibility index (Phi) is 4.78. The molecule has 9 heteroatoms. The molecule has 6 nitrogen and oxygen atoms in total. The maximum absolute atomic E-state index is 14.4. The van der Waals surface area contributed by atoms with Crippen molar-refractivity contribution in [1.29, 1.82) is 0 Å². The van der Waals surface area contributed by atoms with Crippen LogP contribution in [0.2, 0.25) is 10.0 Å².